The second-order valence-electron chi connectivity index (χ2n) is 5.66. The number of hydrogen-bond acceptors (Lipinski definition) is 3. The molecule has 0 spiro atoms. The summed E-state index contributed by atoms with van der Waals surface area (Å²) in [4.78, 5) is 11.9. The van der Waals surface area contributed by atoms with Crippen LogP contribution < -0.4 is 11.1 Å². The minimum Gasteiger partial charge on any atom is -0.379 e. The van der Waals surface area contributed by atoms with Crippen LogP contribution in [0.4, 0.5) is 0 Å². The minimum atomic E-state index is -0.162. The lowest BCUT2D eigenvalue weighted by atomic mass is 9.93. The molecule has 1 saturated heterocycles. The van der Waals surface area contributed by atoms with Crippen LogP contribution in [-0.4, -0.2) is 31.2 Å². The molecule has 1 aliphatic rings. The number of amides is 1. The van der Waals surface area contributed by atoms with Crippen LogP contribution >= 0.6 is 0 Å². The Hall–Kier alpha value is -0.610. The molecule has 1 amide bonds. The molecule has 0 aromatic carbocycles. The van der Waals surface area contributed by atoms with Gasteiger partial charge in [0.2, 0.25) is 5.91 Å². The number of carbonyl (C=O) groups is 1. The lowest BCUT2D eigenvalue weighted by Gasteiger charge is -2.34. The molecule has 0 aromatic heterocycles. The number of ether oxygens (including phenoxy) is 1. The number of nitrogens with one attached hydrogen (secondary N) is 1. The Bertz CT molecular complexity index is 250. The molecular weight excluding hydrogens is 228 g/mol. The average molecular weight is 256 g/mol. The van der Waals surface area contributed by atoms with E-state index in [1.165, 1.54) is 0 Å². The molecule has 0 bridgehead atoms. The molecule has 3 N–H and O–H groups in total. The first-order valence-electron chi connectivity index (χ1n) is 7.18. The summed E-state index contributed by atoms with van der Waals surface area (Å²) in [7, 11) is 0. The van der Waals surface area contributed by atoms with Crippen LogP contribution in [0.1, 0.15) is 52.4 Å². The Morgan fingerprint density at radius 2 is 2.28 bits per heavy atom. The highest BCUT2D eigenvalue weighted by molar-refractivity contribution is 5.76. The zero-order chi connectivity index (χ0) is 13.4. The number of rotatable bonds is 7. The van der Waals surface area contributed by atoms with Gasteiger partial charge in [-0.1, -0.05) is 13.3 Å². The maximum atomic E-state index is 11.9. The van der Waals surface area contributed by atoms with Gasteiger partial charge >= 0.3 is 0 Å². The molecule has 0 saturated carbocycles. The first-order valence-corrected chi connectivity index (χ1v) is 7.18. The summed E-state index contributed by atoms with van der Waals surface area (Å²) in [5, 5.41) is 3.12. The van der Waals surface area contributed by atoms with E-state index < -0.39 is 0 Å². The molecule has 18 heavy (non-hydrogen) atoms. The van der Waals surface area contributed by atoms with Gasteiger partial charge in [0.25, 0.3) is 0 Å². The van der Waals surface area contributed by atoms with Gasteiger partial charge in [0.1, 0.15) is 0 Å². The van der Waals surface area contributed by atoms with E-state index in [2.05, 4.69) is 19.2 Å². The molecule has 1 rings (SSSR count). The molecule has 1 aliphatic heterocycles. The van der Waals surface area contributed by atoms with Crippen molar-refractivity contribution < 1.29 is 9.53 Å². The van der Waals surface area contributed by atoms with Crippen LogP contribution in [-0.2, 0) is 9.53 Å². The molecule has 1 heterocycles. The van der Waals surface area contributed by atoms with Gasteiger partial charge in [0, 0.05) is 13.0 Å². The summed E-state index contributed by atoms with van der Waals surface area (Å²) in [6.45, 7) is 6.40. The number of nitrogens with two attached hydrogens (primary N) is 1. The van der Waals surface area contributed by atoms with Crippen LogP contribution in [0.5, 0.6) is 0 Å². The molecule has 4 heteroatoms. The largest absolute Gasteiger partial charge is 0.379 e. The zero-order valence-corrected chi connectivity index (χ0v) is 11.8. The summed E-state index contributed by atoms with van der Waals surface area (Å²) in [5.74, 6) is 0.731. The molecule has 106 valence electrons. The lowest BCUT2D eigenvalue weighted by Crippen LogP contribution is -2.51. The summed E-state index contributed by atoms with van der Waals surface area (Å²) in [6, 6.07) is 0. The second-order valence-corrected chi connectivity index (χ2v) is 5.66. The Morgan fingerprint density at radius 1 is 1.50 bits per heavy atom. The van der Waals surface area contributed by atoms with E-state index in [1.807, 2.05) is 0 Å². The van der Waals surface area contributed by atoms with Crippen LogP contribution in [0.15, 0.2) is 0 Å². The predicted octanol–water partition coefficient (Wildman–Crippen LogP) is 1.83. The average Bonchev–Trinajstić information content (AvgIpc) is 2.34. The van der Waals surface area contributed by atoms with Crippen molar-refractivity contribution in [2.24, 2.45) is 11.7 Å². The molecule has 2 atom stereocenters. The number of hydrogen-bond donors (Lipinski definition) is 2. The van der Waals surface area contributed by atoms with Crippen molar-refractivity contribution >= 4 is 5.91 Å². The molecule has 0 aromatic rings. The second kappa shape index (κ2) is 7.74. The first kappa shape index (κ1) is 15.4. The Kier molecular flexibility index (Phi) is 6.65. The van der Waals surface area contributed by atoms with Crippen LogP contribution in [0.3, 0.4) is 0 Å². The smallest absolute Gasteiger partial charge is 0.220 e. The molecule has 2 unspecified atom stereocenters. The standard InChI is InChI=1S/C14H28N2O2/c1-3-12(7-9-15)5-6-13(17)16-14(2)8-4-10-18-11-14/h12H,3-11,15H2,1-2H3,(H,16,17). The van der Waals surface area contributed by atoms with Gasteiger partial charge in [0.15, 0.2) is 0 Å². The quantitative estimate of drug-likeness (QED) is 0.730. The fourth-order valence-corrected chi connectivity index (χ4v) is 2.56. The van der Waals surface area contributed by atoms with Crippen LogP contribution in [0.25, 0.3) is 0 Å². The molecule has 0 radical (unpaired) electrons. The monoisotopic (exact) mass is 256 g/mol. The summed E-state index contributed by atoms with van der Waals surface area (Å²) in [5.41, 5.74) is 5.40. The normalized spacial score (nSPS) is 25.7. The highest BCUT2D eigenvalue weighted by Gasteiger charge is 2.29. The van der Waals surface area contributed by atoms with E-state index in [-0.39, 0.29) is 11.4 Å². The van der Waals surface area contributed by atoms with E-state index >= 15 is 0 Å². The third kappa shape index (κ3) is 5.36. The number of carbonyl (C=O) groups excluding carboxylic acids is 1. The van der Waals surface area contributed by atoms with Gasteiger partial charge in [-0.25, -0.2) is 0 Å². The predicted molar refractivity (Wildman–Crippen MR) is 73.3 cm³/mol. The highest BCUT2D eigenvalue weighted by atomic mass is 16.5. The van der Waals surface area contributed by atoms with E-state index in [0.29, 0.717) is 25.5 Å². The summed E-state index contributed by atoms with van der Waals surface area (Å²) < 4.78 is 5.44. The molecule has 0 aliphatic carbocycles. The minimum absolute atomic E-state index is 0.151. The first-order chi connectivity index (χ1) is 8.59. The van der Waals surface area contributed by atoms with Gasteiger partial charge < -0.3 is 15.8 Å². The van der Waals surface area contributed by atoms with Crippen molar-refractivity contribution in [1.29, 1.82) is 0 Å². The van der Waals surface area contributed by atoms with Gasteiger partial charge in [-0.05, 0) is 45.1 Å². The summed E-state index contributed by atoms with van der Waals surface area (Å²) >= 11 is 0. The maximum absolute atomic E-state index is 11.9. The molecule has 1 fully saturated rings. The SMILES string of the molecule is CCC(CCN)CCC(=O)NC1(C)CCCOC1. The van der Waals surface area contributed by atoms with Gasteiger partial charge in [-0.15, -0.1) is 0 Å². The zero-order valence-electron chi connectivity index (χ0n) is 11.8. The van der Waals surface area contributed by atoms with E-state index in [9.17, 15) is 4.79 Å². The van der Waals surface area contributed by atoms with E-state index in [4.69, 9.17) is 10.5 Å². The van der Waals surface area contributed by atoms with Crippen LogP contribution in [0, 0.1) is 5.92 Å². The fraction of sp³-hybridized carbons (Fsp3) is 0.929. The lowest BCUT2D eigenvalue weighted by molar-refractivity contribution is -0.125. The Labute approximate surface area is 111 Å². The Balaban J connectivity index is 2.27. The topological polar surface area (TPSA) is 64.4 Å². The van der Waals surface area contributed by atoms with E-state index in [1.54, 1.807) is 0 Å². The summed E-state index contributed by atoms with van der Waals surface area (Å²) in [6.07, 6.45) is 5.71. The van der Waals surface area contributed by atoms with Crippen molar-refractivity contribution in [2.45, 2.75) is 57.9 Å². The van der Waals surface area contributed by atoms with E-state index in [0.717, 1.165) is 38.7 Å². The van der Waals surface area contributed by atoms with Crippen molar-refractivity contribution in [3.63, 3.8) is 0 Å². The maximum Gasteiger partial charge on any atom is 0.220 e. The Morgan fingerprint density at radius 3 is 2.83 bits per heavy atom. The molecule has 4 nitrogen and oxygen atoms in total. The van der Waals surface area contributed by atoms with Gasteiger partial charge in [-0.3, -0.25) is 4.79 Å². The van der Waals surface area contributed by atoms with Crippen molar-refractivity contribution in [3.8, 4) is 0 Å². The van der Waals surface area contributed by atoms with Crippen LogP contribution in [0.2, 0.25) is 0 Å². The van der Waals surface area contributed by atoms with Crippen molar-refractivity contribution in [1.82, 2.24) is 5.32 Å². The fourth-order valence-electron chi connectivity index (χ4n) is 2.56. The van der Waals surface area contributed by atoms with Crippen molar-refractivity contribution in [2.75, 3.05) is 19.8 Å². The van der Waals surface area contributed by atoms with Gasteiger partial charge in [-0.2, -0.15) is 0 Å². The van der Waals surface area contributed by atoms with Crippen molar-refractivity contribution in [3.05, 3.63) is 0 Å². The highest BCUT2D eigenvalue weighted by Crippen LogP contribution is 2.19. The third-order valence-corrected chi connectivity index (χ3v) is 3.81. The molecular formula is C14H28N2O2. The third-order valence-electron chi connectivity index (χ3n) is 3.81. The van der Waals surface area contributed by atoms with Gasteiger partial charge in [0.05, 0.1) is 12.1 Å².